The number of amides is 2. The van der Waals surface area contributed by atoms with Gasteiger partial charge < -0.3 is 14.2 Å². The number of hydrogen-bond acceptors (Lipinski definition) is 4. The van der Waals surface area contributed by atoms with Gasteiger partial charge in [0.05, 0.1) is 6.54 Å². The Hall–Kier alpha value is -1.82. The number of nitrogens with zero attached hydrogens (tertiary/aromatic N) is 3. The lowest BCUT2D eigenvalue weighted by Crippen LogP contribution is -2.48. The lowest BCUT2D eigenvalue weighted by molar-refractivity contribution is -0.131. The van der Waals surface area contributed by atoms with Gasteiger partial charge in [-0.1, -0.05) is 0 Å². The number of rotatable bonds is 3. The van der Waals surface area contributed by atoms with E-state index in [2.05, 4.69) is 4.90 Å². The Balaban J connectivity index is 1.67. The summed E-state index contributed by atoms with van der Waals surface area (Å²) < 4.78 is 5.50. The molecule has 2 saturated heterocycles. The van der Waals surface area contributed by atoms with Gasteiger partial charge in [0.2, 0.25) is 5.91 Å². The highest BCUT2D eigenvalue weighted by atomic mass is 16.3. The molecule has 1 spiro atoms. The van der Waals surface area contributed by atoms with Gasteiger partial charge in [-0.05, 0) is 57.7 Å². The van der Waals surface area contributed by atoms with Gasteiger partial charge in [0.15, 0.2) is 5.76 Å². The molecule has 6 nitrogen and oxygen atoms in total. The van der Waals surface area contributed by atoms with Crippen molar-refractivity contribution in [2.75, 3.05) is 40.3 Å². The maximum absolute atomic E-state index is 12.7. The third-order valence-corrected chi connectivity index (χ3v) is 5.72. The quantitative estimate of drug-likeness (QED) is 0.841. The molecule has 0 unspecified atom stereocenters. The molecule has 0 saturated carbocycles. The fraction of sp³-hybridized carbons (Fsp3) is 0.684. The zero-order valence-corrected chi connectivity index (χ0v) is 15.6. The van der Waals surface area contributed by atoms with Crippen LogP contribution in [0.5, 0.6) is 0 Å². The molecular formula is C19H29N3O3. The van der Waals surface area contributed by atoms with Crippen LogP contribution in [-0.4, -0.2) is 72.3 Å². The monoisotopic (exact) mass is 347 g/mol. The number of furan rings is 1. The fourth-order valence-corrected chi connectivity index (χ4v) is 4.20. The van der Waals surface area contributed by atoms with E-state index in [1.54, 1.807) is 11.0 Å². The zero-order valence-electron chi connectivity index (χ0n) is 15.6. The van der Waals surface area contributed by atoms with E-state index < -0.39 is 0 Å². The molecule has 25 heavy (non-hydrogen) atoms. The number of hydrogen-bond donors (Lipinski definition) is 0. The summed E-state index contributed by atoms with van der Waals surface area (Å²) in [4.78, 5) is 30.8. The molecule has 2 aliphatic heterocycles. The van der Waals surface area contributed by atoms with Gasteiger partial charge in [0.25, 0.3) is 5.91 Å². The van der Waals surface area contributed by atoms with Crippen molar-refractivity contribution in [1.82, 2.24) is 14.7 Å². The normalized spacial score (nSPS) is 24.5. The molecule has 0 aromatic carbocycles. The predicted octanol–water partition coefficient (Wildman–Crippen LogP) is 2.14. The van der Waals surface area contributed by atoms with Crippen molar-refractivity contribution in [3.63, 3.8) is 0 Å². The van der Waals surface area contributed by atoms with Gasteiger partial charge in [-0.15, -0.1) is 0 Å². The van der Waals surface area contributed by atoms with Crippen molar-refractivity contribution in [2.24, 2.45) is 0 Å². The number of likely N-dealkylation sites (N-methyl/N-ethyl adjacent to an activating group) is 1. The summed E-state index contributed by atoms with van der Waals surface area (Å²) in [5, 5.41) is 0. The average Bonchev–Trinajstić information content (AvgIpc) is 3.09. The second kappa shape index (κ2) is 7.20. The molecule has 3 heterocycles. The third kappa shape index (κ3) is 3.73. The Morgan fingerprint density at radius 2 is 1.84 bits per heavy atom. The topological polar surface area (TPSA) is 57.0 Å². The lowest BCUT2D eigenvalue weighted by Gasteiger charge is -2.38. The Morgan fingerprint density at radius 1 is 1.12 bits per heavy atom. The lowest BCUT2D eigenvalue weighted by atomic mass is 9.87. The first kappa shape index (κ1) is 18.0. The van der Waals surface area contributed by atoms with Crippen LogP contribution >= 0.6 is 0 Å². The van der Waals surface area contributed by atoms with E-state index in [0.29, 0.717) is 12.3 Å². The first-order valence-electron chi connectivity index (χ1n) is 9.22. The number of carbonyl (C=O) groups excluding carboxylic acids is 2. The Kier molecular flexibility index (Phi) is 5.18. The molecule has 3 rings (SSSR count). The van der Waals surface area contributed by atoms with E-state index in [-0.39, 0.29) is 17.4 Å². The SMILES string of the molecule is Cc1ccc(C(=O)N2CCC[C@]3(CCCN3CC(=O)N(C)C)CC2)o1. The summed E-state index contributed by atoms with van der Waals surface area (Å²) in [5.41, 5.74) is 0.0692. The molecule has 1 aromatic rings. The smallest absolute Gasteiger partial charge is 0.289 e. The van der Waals surface area contributed by atoms with Crippen LogP contribution in [0.1, 0.15) is 48.4 Å². The van der Waals surface area contributed by atoms with Gasteiger partial charge in [-0.3, -0.25) is 14.5 Å². The Labute approximate surface area is 149 Å². The van der Waals surface area contributed by atoms with Crippen LogP contribution in [0.4, 0.5) is 0 Å². The van der Waals surface area contributed by atoms with Crippen LogP contribution in [0, 0.1) is 6.92 Å². The first-order valence-corrected chi connectivity index (χ1v) is 9.22. The van der Waals surface area contributed by atoms with Crippen LogP contribution in [0.2, 0.25) is 0 Å². The molecule has 0 N–H and O–H groups in total. The van der Waals surface area contributed by atoms with Crippen molar-refractivity contribution in [3.05, 3.63) is 23.7 Å². The van der Waals surface area contributed by atoms with Crippen molar-refractivity contribution in [3.8, 4) is 0 Å². The van der Waals surface area contributed by atoms with Crippen LogP contribution in [0.15, 0.2) is 16.5 Å². The van der Waals surface area contributed by atoms with E-state index in [9.17, 15) is 9.59 Å². The zero-order chi connectivity index (χ0) is 18.0. The molecule has 6 heteroatoms. The number of likely N-dealkylation sites (tertiary alicyclic amines) is 2. The van der Waals surface area contributed by atoms with Crippen LogP contribution in [-0.2, 0) is 4.79 Å². The van der Waals surface area contributed by atoms with E-state index in [1.165, 1.54) is 0 Å². The van der Waals surface area contributed by atoms with Gasteiger partial charge in [-0.2, -0.15) is 0 Å². The van der Waals surface area contributed by atoms with Gasteiger partial charge >= 0.3 is 0 Å². The molecule has 2 fully saturated rings. The largest absolute Gasteiger partial charge is 0.456 e. The highest BCUT2D eigenvalue weighted by Crippen LogP contribution is 2.38. The molecule has 0 aliphatic carbocycles. The summed E-state index contributed by atoms with van der Waals surface area (Å²) in [6.45, 7) is 4.80. The van der Waals surface area contributed by atoms with E-state index in [1.807, 2.05) is 32.0 Å². The summed E-state index contributed by atoms with van der Waals surface area (Å²) in [6, 6.07) is 3.59. The Morgan fingerprint density at radius 3 is 2.48 bits per heavy atom. The van der Waals surface area contributed by atoms with Crippen LogP contribution < -0.4 is 0 Å². The summed E-state index contributed by atoms with van der Waals surface area (Å²) in [7, 11) is 3.62. The summed E-state index contributed by atoms with van der Waals surface area (Å²) in [5.74, 6) is 1.34. The van der Waals surface area contributed by atoms with Crippen LogP contribution in [0.3, 0.4) is 0 Å². The van der Waals surface area contributed by atoms with E-state index >= 15 is 0 Å². The molecule has 0 radical (unpaired) electrons. The highest BCUT2D eigenvalue weighted by molar-refractivity contribution is 5.91. The van der Waals surface area contributed by atoms with E-state index in [4.69, 9.17) is 4.42 Å². The Bertz CT molecular complexity index is 640. The summed E-state index contributed by atoms with van der Waals surface area (Å²) in [6.07, 6.45) is 5.20. The van der Waals surface area contributed by atoms with Gasteiger partial charge in [-0.25, -0.2) is 0 Å². The molecular weight excluding hydrogens is 318 g/mol. The predicted molar refractivity (Wildman–Crippen MR) is 95.4 cm³/mol. The second-order valence-corrected chi connectivity index (χ2v) is 7.59. The maximum atomic E-state index is 12.7. The molecule has 2 aliphatic rings. The molecule has 1 aromatic heterocycles. The third-order valence-electron chi connectivity index (χ3n) is 5.72. The molecule has 2 amide bonds. The van der Waals surface area contributed by atoms with Gasteiger partial charge in [0.1, 0.15) is 5.76 Å². The van der Waals surface area contributed by atoms with Crippen molar-refractivity contribution in [2.45, 2.75) is 44.6 Å². The molecule has 1 atom stereocenters. The first-order chi connectivity index (χ1) is 11.9. The minimum Gasteiger partial charge on any atom is -0.456 e. The maximum Gasteiger partial charge on any atom is 0.289 e. The molecule has 0 bridgehead atoms. The average molecular weight is 347 g/mol. The molecule has 138 valence electrons. The van der Waals surface area contributed by atoms with Crippen LogP contribution in [0.25, 0.3) is 0 Å². The second-order valence-electron chi connectivity index (χ2n) is 7.59. The minimum absolute atomic E-state index is 0.0148. The number of carbonyl (C=O) groups is 2. The van der Waals surface area contributed by atoms with Gasteiger partial charge in [0, 0.05) is 32.7 Å². The van der Waals surface area contributed by atoms with Crippen molar-refractivity contribution < 1.29 is 14.0 Å². The highest BCUT2D eigenvalue weighted by Gasteiger charge is 2.43. The van der Waals surface area contributed by atoms with Crippen molar-refractivity contribution >= 4 is 11.8 Å². The minimum atomic E-state index is -0.0148. The van der Waals surface area contributed by atoms with Crippen molar-refractivity contribution in [1.29, 1.82) is 0 Å². The summed E-state index contributed by atoms with van der Waals surface area (Å²) >= 11 is 0. The fourth-order valence-electron chi connectivity index (χ4n) is 4.20. The van der Waals surface area contributed by atoms with E-state index in [0.717, 1.165) is 57.5 Å². The number of aryl methyl sites for hydroxylation is 1. The standard InChI is InChI=1S/C19H29N3O3/c1-15-6-7-16(25-15)18(24)21-11-4-8-19(10-13-21)9-5-12-22(19)14-17(23)20(2)3/h6-7H,4-5,8-14H2,1-3H3/t19-/m0/s1.